The van der Waals surface area contributed by atoms with Crippen LogP contribution in [0.1, 0.15) is 11.4 Å². The molecule has 0 unspecified atom stereocenters. The third-order valence-corrected chi connectivity index (χ3v) is 4.50. The zero-order valence-corrected chi connectivity index (χ0v) is 14.9. The average Bonchev–Trinajstić information content (AvgIpc) is 3.09. The van der Waals surface area contributed by atoms with Gasteiger partial charge in [-0.05, 0) is 30.3 Å². The van der Waals surface area contributed by atoms with Crippen LogP contribution in [-0.4, -0.2) is 28.5 Å². The van der Waals surface area contributed by atoms with Gasteiger partial charge in [-0.3, -0.25) is 4.79 Å². The number of carbonyl (C=O) groups excluding carboxylic acids is 1. The number of halogens is 6. The number of hydrogen-bond acceptors (Lipinski definition) is 3. The van der Waals surface area contributed by atoms with Gasteiger partial charge in [0.05, 0.1) is 11.8 Å². The van der Waals surface area contributed by atoms with E-state index >= 15 is 0 Å². The van der Waals surface area contributed by atoms with Crippen LogP contribution in [0.4, 0.5) is 37.8 Å². The van der Waals surface area contributed by atoms with Gasteiger partial charge in [-0.2, -0.15) is 26.3 Å². The molecule has 0 radical (unpaired) electrons. The van der Waals surface area contributed by atoms with Crippen molar-refractivity contribution < 1.29 is 31.1 Å². The smallest absolute Gasteiger partial charge is 0.352 e. The minimum absolute atomic E-state index is 0.0568. The van der Waals surface area contributed by atoms with Crippen molar-refractivity contribution in [1.82, 2.24) is 14.9 Å². The second kappa shape index (κ2) is 7.45. The number of carbonyl (C=O) groups is 1. The van der Waals surface area contributed by atoms with E-state index in [2.05, 4.69) is 16.9 Å². The standard InChI is InChI=1S/C18H16F6N4O/c1-2-14(29)25-7-11-9-27(13-5-3-12(4-6-13)17(19,20)21)15-8-26-16(18(22,23)24)28(15)10-11/h2-6,8,11H,1,7,9-10H2,(H,25,29)/t11-/m1/s1. The summed E-state index contributed by atoms with van der Waals surface area (Å²) in [5.41, 5.74) is -0.579. The molecule has 5 nitrogen and oxygen atoms in total. The Bertz CT molecular complexity index is 901. The summed E-state index contributed by atoms with van der Waals surface area (Å²) in [6, 6.07) is 4.11. The molecule has 0 saturated carbocycles. The van der Waals surface area contributed by atoms with Crippen LogP contribution in [-0.2, 0) is 23.7 Å². The van der Waals surface area contributed by atoms with E-state index in [1.807, 2.05) is 0 Å². The largest absolute Gasteiger partial charge is 0.449 e. The number of rotatable bonds is 4. The number of fused-ring (bicyclic) bond motifs is 1. The first-order chi connectivity index (χ1) is 13.5. The second-order valence-electron chi connectivity index (χ2n) is 6.52. The van der Waals surface area contributed by atoms with Gasteiger partial charge in [-0.25, -0.2) is 4.98 Å². The SMILES string of the molecule is C=CC(=O)NC[C@@H]1CN(c2ccc(C(F)(F)F)cc2)c2cnc(C(F)(F)F)n2C1. The van der Waals surface area contributed by atoms with Crippen molar-refractivity contribution in [1.29, 1.82) is 0 Å². The van der Waals surface area contributed by atoms with Crippen LogP contribution in [0.25, 0.3) is 0 Å². The highest BCUT2D eigenvalue weighted by molar-refractivity contribution is 5.86. The molecule has 0 saturated heterocycles. The topological polar surface area (TPSA) is 50.2 Å². The molecule has 2 heterocycles. The Morgan fingerprint density at radius 1 is 1.14 bits per heavy atom. The van der Waals surface area contributed by atoms with Gasteiger partial charge in [0.15, 0.2) is 0 Å². The maximum Gasteiger partial charge on any atom is 0.449 e. The molecule has 11 heteroatoms. The molecule has 1 amide bonds. The monoisotopic (exact) mass is 418 g/mol. The number of benzene rings is 1. The van der Waals surface area contributed by atoms with Gasteiger partial charge in [0.2, 0.25) is 11.7 Å². The Labute approximate surface area is 161 Å². The van der Waals surface area contributed by atoms with E-state index in [0.717, 1.165) is 29.0 Å². The molecule has 1 aromatic carbocycles. The number of anilines is 2. The summed E-state index contributed by atoms with van der Waals surface area (Å²) in [6.07, 6.45) is -7.14. The van der Waals surface area contributed by atoms with Crippen LogP contribution in [0, 0.1) is 5.92 Å². The maximum absolute atomic E-state index is 13.3. The fourth-order valence-corrected chi connectivity index (χ4v) is 3.17. The molecule has 1 N–H and O–H groups in total. The van der Waals surface area contributed by atoms with Gasteiger partial charge >= 0.3 is 12.4 Å². The summed E-state index contributed by atoms with van der Waals surface area (Å²) < 4.78 is 79.3. The third kappa shape index (κ3) is 4.38. The second-order valence-corrected chi connectivity index (χ2v) is 6.52. The summed E-state index contributed by atoms with van der Waals surface area (Å²) >= 11 is 0. The van der Waals surface area contributed by atoms with Gasteiger partial charge < -0.3 is 14.8 Å². The van der Waals surface area contributed by atoms with Gasteiger partial charge in [-0.1, -0.05) is 6.58 Å². The Morgan fingerprint density at radius 2 is 1.79 bits per heavy atom. The molecule has 2 aromatic rings. The Kier molecular flexibility index (Phi) is 5.33. The van der Waals surface area contributed by atoms with E-state index in [-0.39, 0.29) is 31.1 Å². The van der Waals surface area contributed by atoms with Crippen molar-refractivity contribution in [3.8, 4) is 0 Å². The summed E-state index contributed by atoms with van der Waals surface area (Å²) in [6.45, 7) is 3.51. The van der Waals surface area contributed by atoms with Gasteiger partial charge in [-0.15, -0.1) is 0 Å². The van der Waals surface area contributed by atoms with E-state index in [9.17, 15) is 31.1 Å². The molecule has 0 fully saturated rings. The van der Waals surface area contributed by atoms with Crippen molar-refractivity contribution >= 4 is 17.4 Å². The molecule has 3 rings (SSSR count). The lowest BCUT2D eigenvalue weighted by Gasteiger charge is -2.36. The summed E-state index contributed by atoms with van der Waals surface area (Å²) in [5.74, 6) is -1.91. The first-order valence-corrected chi connectivity index (χ1v) is 8.48. The van der Waals surface area contributed by atoms with Crippen molar-refractivity contribution in [3.63, 3.8) is 0 Å². The number of hydrogen-bond donors (Lipinski definition) is 1. The third-order valence-electron chi connectivity index (χ3n) is 4.50. The Hall–Kier alpha value is -2.98. The molecule has 1 aromatic heterocycles. The molecular weight excluding hydrogens is 402 g/mol. The zero-order chi connectivity index (χ0) is 21.4. The minimum Gasteiger partial charge on any atom is -0.352 e. The van der Waals surface area contributed by atoms with Crippen molar-refractivity contribution in [2.24, 2.45) is 5.92 Å². The van der Waals surface area contributed by atoms with E-state index < -0.39 is 35.6 Å². The molecular formula is C18H16F6N4O. The molecule has 156 valence electrons. The van der Waals surface area contributed by atoms with E-state index in [1.165, 1.54) is 17.0 Å². The quantitative estimate of drug-likeness (QED) is 0.604. The van der Waals surface area contributed by atoms with Crippen LogP contribution in [0.2, 0.25) is 0 Å². The van der Waals surface area contributed by atoms with Gasteiger partial charge in [0.1, 0.15) is 5.82 Å². The van der Waals surface area contributed by atoms with Gasteiger partial charge in [0, 0.05) is 31.2 Å². The lowest BCUT2D eigenvalue weighted by atomic mass is 10.1. The molecule has 29 heavy (non-hydrogen) atoms. The average molecular weight is 418 g/mol. The number of nitrogens with one attached hydrogen (secondary N) is 1. The molecule has 1 atom stereocenters. The lowest BCUT2D eigenvalue weighted by molar-refractivity contribution is -0.147. The van der Waals surface area contributed by atoms with Crippen LogP contribution < -0.4 is 10.2 Å². The predicted octanol–water partition coefficient (Wildman–Crippen LogP) is 3.99. The molecule has 1 aliphatic heterocycles. The maximum atomic E-state index is 13.3. The van der Waals surface area contributed by atoms with Crippen LogP contribution >= 0.6 is 0 Å². The van der Waals surface area contributed by atoms with Crippen molar-refractivity contribution in [2.75, 3.05) is 18.0 Å². The molecule has 0 aliphatic carbocycles. The summed E-state index contributed by atoms with van der Waals surface area (Å²) in [7, 11) is 0. The van der Waals surface area contributed by atoms with Crippen LogP contribution in [0.3, 0.4) is 0 Å². The van der Waals surface area contributed by atoms with Crippen LogP contribution in [0.15, 0.2) is 43.1 Å². The predicted molar refractivity (Wildman–Crippen MR) is 92.4 cm³/mol. The Balaban J connectivity index is 1.96. The van der Waals surface area contributed by atoms with E-state index in [1.54, 1.807) is 0 Å². The number of amides is 1. The summed E-state index contributed by atoms with van der Waals surface area (Å²) in [4.78, 5) is 16.3. The fraction of sp³-hybridized carbons (Fsp3) is 0.333. The first kappa shape index (κ1) is 20.7. The normalized spacial score (nSPS) is 17.0. The minimum atomic E-state index is -4.70. The zero-order valence-electron chi connectivity index (χ0n) is 14.9. The highest BCUT2D eigenvalue weighted by atomic mass is 19.4. The highest BCUT2D eigenvalue weighted by Gasteiger charge is 2.40. The van der Waals surface area contributed by atoms with E-state index in [0.29, 0.717) is 0 Å². The molecule has 0 spiro atoms. The number of alkyl halides is 6. The Morgan fingerprint density at radius 3 is 2.34 bits per heavy atom. The molecule has 1 aliphatic rings. The molecule has 0 bridgehead atoms. The number of aromatic nitrogens is 2. The van der Waals surface area contributed by atoms with Crippen LogP contribution in [0.5, 0.6) is 0 Å². The van der Waals surface area contributed by atoms with Gasteiger partial charge in [0.25, 0.3) is 0 Å². The summed E-state index contributed by atoms with van der Waals surface area (Å²) in [5, 5.41) is 2.54. The highest BCUT2D eigenvalue weighted by Crippen LogP contribution is 2.38. The number of imidazole rings is 1. The fourth-order valence-electron chi connectivity index (χ4n) is 3.17. The van der Waals surface area contributed by atoms with Crippen molar-refractivity contribution in [3.05, 3.63) is 54.5 Å². The van der Waals surface area contributed by atoms with E-state index in [4.69, 9.17) is 0 Å². The van der Waals surface area contributed by atoms with Crippen molar-refractivity contribution in [2.45, 2.75) is 18.9 Å². The lowest BCUT2D eigenvalue weighted by Crippen LogP contribution is -2.41. The first-order valence-electron chi connectivity index (χ1n) is 8.48. The number of nitrogens with zero attached hydrogens (tertiary/aromatic N) is 3.